The highest BCUT2D eigenvalue weighted by molar-refractivity contribution is 5.76. The van der Waals surface area contributed by atoms with Gasteiger partial charge in [0.25, 0.3) is 0 Å². The maximum absolute atomic E-state index is 12.1. The molecule has 0 aromatic heterocycles. The average molecular weight is 322 g/mol. The van der Waals surface area contributed by atoms with Crippen molar-refractivity contribution in [3.8, 4) is 0 Å². The molecular weight excluding hydrogens is 296 g/mol. The molecule has 0 saturated heterocycles. The van der Waals surface area contributed by atoms with Crippen LogP contribution in [0.15, 0.2) is 48.5 Å². The Hall–Kier alpha value is -2.13. The van der Waals surface area contributed by atoms with Crippen molar-refractivity contribution in [3.63, 3.8) is 0 Å². The van der Waals surface area contributed by atoms with Crippen LogP contribution in [0.5, 0.6) is 0 Å². The summed E-state index contributed by atoms with van der Waals surface area (Å²) in [5.74, 6) is 0.142. The number of nitrogens with one attached hydrogen (secondary N) is 1. The monoisotopic (exact) mass is 322 g/mol. The Bertz CT molecular complexity index is 696. The van der Waals surface area contributed by atoms with Gasteiger partial charge < -0.3 is 5.32 Å². The van der Waals surface area contributed by atoms with Crippen molar-refractivity contribution in [2.24, 2.45) is 0 Å². The first-order valence-electron chi connectivity index (χ1n) is 8.71. The summed E-state index contributed by atoms with van der Waals surface area (Å²) in [7, 11) is 2.14. The minimum Gasteiger partial charge on any atom is -0.355 e. The van der Waals surface area contributed by atoms with Gasteiger partial charge in [0.2, 0.25) is 5.91 Å². The van der Waals surface area contributed by atoms with Crippen molar-refractivity contribution in [2.75, 3.05) is 13.6 Å². The summed E-state index contributed by atoms with van der Waals surface area (Å²) in [6.07, 6.45) is 2.36. The lowest BCUT2D eigenvalue weighted by Crippen LogP contribution is -2.45. The van der Waals surface area contributed by atoms with Crippen LogP contribution in [-0.4, -0.2) is 30.4 Å². The van der Waals surface area contributed by atoms with Gasteiger partial charge >= 0.3 is 0 Å². The SMILES string of the molecule is Cc1cccc2c1C[C@@H](CNC(=O)CCc1ccccc1)N(C)C2. The van der Waals surface area contributed by atoms with Crippen molar-refractivity contribution in [3.05, 3.63) is 70.8 Å². The lowest BCUT2D eigenvalue weighted by atomic mass is 9.91. The number of benzene rings is 2. The highest BCUT2D eigenvalue weighted by Gasteiger charge is 2.24. The number of rotatable bonds is 5. The summed E-state index contributed by atoms with van der Waals surface area (Å²) in [6.45, 7) is 3.86. The van der Waals surface area contributed by atoms with Gasteiger partial charge in [0.05, 0.1) is 0 Å². The average Bonchev–Trinajstić information content (AvgIpc) is 2.59. The second-order valence-electron chi connectivity index (χ2n) is 6.78. The van der Waals surface area contributed by atoms with E-state index >= 15 is 0 Å². The van der Waals surface area contributed by atoms with Crippen molar-refractivity contribution >= 4 is 5.91 Å². The summed E-state index contributed by atoms with van der Waals surface area (Å²) < 4.78 is 0. The van der Waals surface area contributed by atoms with Crippen LogP contribution in [0.1, 0.15) is 28.7 Å². The standard InChI is InChI=1S/C21H26N2O/c1-16-7-6-10-18-15-23(2)19(13-20(16)18)14-22-21(24)12-11-17-8-4-3-5-9-17/h3-10,19H,11-15H2,1-2H3,(H,22,24)/t19-/m0/s1. The van der Waals surface area contributed by atoms with Crippen LogP contribution in [0.3, 0.4) is 0 Å². The van der Waals surface area contributed by atoms with Gasteiger partial charge in [0, 0.05) is 25.6 Å². The molecule has 3 nitrogen and oxygen atoms in total. The van der Waals surface area contributed by atoms with Crippen LogP contribution in [0.2, 0.25) is 0 Å². The van der Waals surface area contributed by atoms with Crippen LogP contribution < -0.4 is 5.32 Å². The molecule has 1 aliphatic heterocycles. The zero-order valence-corrected chi connectivity index (χ0v) is 14.6. The largest absolute Gasteiger partial charge is 0.355 e. The number of fused-ring (bicyclic) bond motifs is 1. The number of amides is 1. The van der Waals surface area contributed by atoms with E-state index in [9.17, 15) is 4.79 Å². The van der Waals surface area contributed by atoms with Crippen LogP contribution in [0, 0.1) is 6.92 Å². The zero-order valence-electron chi connectivity index (χ0n) is 14.6. The lowest BCUT2D eigenvalue weighted by molar-refractivity contribution is -0.121. The number of hydrogen-bond acceptors (Lipinski definition) is 2. The lowest BCUT2D eigenvalue weighted by Gasteiger charge is -2.35. The molecule has 1 heterocycles. The van der Waals surface area contributed by atoms with E-state index in [0.29, 0.717) is 12.5 Å². The number of likely N-dealkylation sites (N-methyl/N-ethyl adjacent to an activating group) is 1. The first kappa shape index (κ1) is 16.7. The molecule has 0 fully saturated rings. The number of hydrogen-bond donors (Lipinski definition) is 1. The summed E-state index contributed by atoms with van der Waals surface area (Å²) in [5, 5.41) is 3.12. The highest BCUT2D eigenvalue weighted by atomic mass is 16.1. The van der Waals surface area contributed by atoms with Crippen LogP contribution in [-0.2, 0) is 24.2 Å². The zero-order chi connectivity index (χ0) is 16.9. The fourth-order valence-electron chi connectivity index (χ4n) is 3.44. The maximum Gasteiger partial charge on any atom is 0.220 e. The fourth-order valence-corrected chi connectivity index (χ4v) is 3.44. The summed E-state index contributed by atoms with van der Waals surface area (Å²) >= 11 is 0. The van der Waals surface area contributed by atoms with Gasteiger partial charge in [-0.25, -0.2) is 0 Å². The van der Waals surface area contributed by atoms with Gasteiger partial charge in [-0.1, -0.05) is 48.5 Å². The molecule has 1 atom stereocenters. The molecule has 1 aliphatic rings. The van der Waals surface area contributed by atoms with Crippen LogP contribution >= 0.6 is 0 Å². The van der Waals surface area contributed by atoms with Crippen molar-refractivity contribution in [1.82, 2.24) is 10.2 Å². The topological polar surface area (TPSA) is 32.3 Å². The molecule has 1 N–H and O–H groups in total. The summed E-state index contributed by atoms with van der Waals surface area (Å²) in [5.41, 5.74) is 5.45. The van der Waals surface area contributed by atoms with Gasteiger partial charge in [0.1, 0.15) is 0 Å². The molecule has 24 heavy (non-hydrogen) atoms. The molecule has 2 aromatic carbocycles. The fraction of sp³-hybridized carbons (Fsp3) is 0.381. The Morgan fingerprint density at radius 2 is 1.96 bits per heavy atom. The molecule has 0 bridgehead atoms. The quantitative estimate of drug-likeness (QED) is 0.917. The van der Waals surface area contributed by atoms with E-state index in [1.54, 1.807) is 0 Å². The molecule has 0 spiro atoms. The molecule has 0 radical (unpaired) electrons. The Morgan fingerprint density at radius 3 is 2.75 bits per heavy atom. The summed E-state index contributed by atoms with van der Waals surface area (Å²) in [6, 6.07) is 17.1. The van der Waals surface area contributed by atoms with Crippen molar-refractivity contribution < 1.29 is 4.79 Å². The first-order chi connectivity index (χ1) is 11.6. The molecule has 2 aromatic rings. The maximum atomic E-state index is 12.1. The molecule has 126 valence electrons. The van der Waals surface area contributed by atoms with E-state index in [1.165, 1.54) is 22.3 Å². The van der Waals surface area contributed by atoms with Crippen LogP contribution in [0.25, 0.3) is 0 Å². The molecule has 0 aliphatic carbocycles. The third-order valence-electron chi connectivity index (χ3n) is 5.01. The molecule has 3 heteroatoms. The molecule has 0 saturated carbocycles. The number of carbonyl (C=O) groups is 1. The molecular formula is C21H26N2O. The third-order valence-corrected chi connectivity index (χ3v) is 5.01. The van der Waals surface area contributed by atoms with Gasteiger partial charge in [-0.05, 0) is 49.1 Å². The highest BCUT2D eigenvalue weighted by Crippen LogP contribution is 2.24. The molecule has 3 rings (SSSR count). The predicted molar refractivity (Wildman–Crippen MR) is 97.9 cm³/mol. The van der Waals surface area contributed by atoms with E-state index in [2.05, 4.69) is 54.5 Å². The van der Waals surface area contributed by atoms with E-state index in [0.717, 1.165) is 25.9 Å². The van der Waals surface area contributed by atoms with Crippen molar-refractivity contribution in [2.45, 2.75) is 38.8 Å². The van der Waals surface area contributed by atoms with Gasteiger partial charge in [-0.3, -0.25) is 9.69 Å². The van der Waals surface area contributed by atoms with E-state index in [4.69, 9.17) is 0 Å². The Balaban J connectivity index is 1.51. The molecule has 1 amide bonds. The van der Waals surface area contributed by atoms with Gasteiger partial charge in [0.15, 0.2) is 0 Å². The normalized spacial score (nSPS) is 17.3. The second-order valence-corrected chi connectivity index (χ2v) is 6.78. The summed E-state index contributed by atoms with van der Waals surface area (Å²) in [4.78, 5) is 14.5. The second kappa shape index (κ2) is 7.63. The Morgan fingerprint density at radius 1 is 1.17 bits per heavy atom. The Labute approximate surface area is 144 Å². The minimum atomic E-state index is 0.142. The predicted octanol–water partition coefficient (Wildman–Crippen LogP) is 3.10. The number of nitrogens with zero attached hydrogens (tertiary/aromatic N) is 1. The first-order valence-corrected chi connectivity index (χ1v) is 8.71. The smallest absolute Gasteiger partial charge is 0.220 e. The minimum absolute atomic E-state index is 0.142. The number of carbonyl (C=O) groups excluding carboxylic acids is 1. The van der Waals surface area contributed by atoms with Gasteiger partial charge in [-0.15, -0.1) is 0 Å². The van der Waals surface area contributed by atoms with E-state index in [1.807, 2.05) is 18.2 Å². The van der Waals surface area contributed by atoms with Crippen LogP contribution in [0.4, 0.5) is 0 Å². The van der Waals surface area contributed by atoms with E-state index < -0.39 is 0 Å². The molecule has 0 unspecified atom stereocenters. The third kappa shape index (κ3) is 4.04. The Kier molecular flexibility index (Phi) is 5.31. The van der Waals surface area contributed by atoms with E-state index in [-0.39, 0.29) is 5.91 Å². The van der Waals surface area contributed by atoms with Crippen molar-refractivity contribution in [1.29, 1.82) is 0 Å². The number of aryl methyl sites for hydroxylation is 2. The van der Waals surface area contributed by atoms with Gasteiger partial charge in [-0.2, -0.15) is 0 Å².